The van der Waals surface area contributed by atoms with Crippen LogP contribution in [0.25, 0.3) is 0 Å². The van der Waals surface area contributed by atoms with Crippen LogP contribution < -0.4 is 24.3 Å². The van der Waals surface area contributed by atoms with Gasteiger partial charge in [0.1, 0.15) is 23.1 Å². The van der Waals surface area contributed by atoms with Gasteiger partial charge < -0.3 is 29.0 Å². The Labute approximate surface area is 200 Å². The fraction of sp³-hybridized carbons (Fsp3) is 0.348. The van der Waals surface area contributed by atoms with Crippen molar-refractivity contribution >= 4 is 35.1 Å². The molecule has 1 N–H and O–H groups in total. The van der Waals surface area contributed by atoms with Gasteiger partial charge in [-0.25, -0.2) is 4.79 Å². The molecular formula is C23H23ClN2O8. The Balaban J connectivity index is 1.65. The van der Waals surface area contributed by atoms with Crippen molar-refractivity contribution in [3.8, 4) is 23.0 Å². The number of hydrogen-bond donors (Lipinski definition) is 1. The molecule has 0 radical (unpaired) electrons. The van der Waals surface area contributed by atoms with Crippen LogP contribution in [0.5, 0.6) is 23.0 Å². The van der Waals surface area contributed by atoms with Gasteiger partial charge in [-0.05, 0) is 24.6 Å². The summed E-state index contributed by atoms with van der Waals surface area (Å²) in [6.07, 6.45) is -0.711. The van der Waals surface area contributed by atoms with Crippen molar-refractivity contribution in [3.05, 3.63) is 40.4 Å². The van der Waals surface area contributed by atoms with E-state index in [1.165, 1.54) is 39.4 Å². The number of rotatable bonds is 7. The Morgan fingerprint density at radius 3 is 2.38 bits per heavy atom. The van der Waals surface area contributed by atoms with Crippen molar-refractivity contribution in [2.24, 2.45) is 0 Å². The third-order valence-corrected chi connectivity index (χ3v) is 6.10. The molecule has 0 saturated carbocycles. The van der Waals surface area contributed by atoms with E-state index in [4.69, 9.17) is 35.3 Å². The zero-order valence-corrected chi connectivity index (χ0v) is 19.7. The Kier molecular flexibility index (Phi) is 6.43. The lowest BCUT2D eigenvalue weighted by atomic mass is 10.0. The third-order valence-electron chi connectivity index (χ3n) is 5.81. The van der Waals surface area contributed by atoms with Crippen molar-refractivity contribution < 1.29 is 38.1 Å². The molecule has 2 aromatic rings. The zero-order valence-electron chi connectivity index (χ0n) is 19.0. The summed E-state index contributed by atoms with van der Waals surface area (Å²) in [6, 6.07) is 5.39. The first-order valence-electron chi connectivity index (χ1n) is 10.3. The molecule has 1 saturated heterocycles. The predicted octanol–water partition coefficient (Wildman–Crippen LogP) is 3.17. The SMILES string of the molecule is COc1cc(OC)c(NC(=O)[C@@H]2CCC(=O)N2C2OC(=O)c3c2ccc(OC)c3OC)cc1Cl. The molecule has 2 aromatic carbocycles. The van der Waals surface area contributed by atoms with E-state index in [1.54, 1.807) is 18.2 Å². The van der Waals surface area contributed by atoms with E-state index >= 15 is 0 Å². The zero-order chi connectivity index (χ0) is 24.6. The van der Waals surface area contributed by atoms with Gasteiger partial charge in [-0.3, -0.25) is 14.5 Å². The molecular weight excluding hydrogens is 468 g/mol. The number of nitrogens with one attached hydrogen (secondary N) is 1. The highest BCUT2D eigenvalue weighted by atomic mass is 35.5. The standard InChI is InChI=1S/C23H23ClN2O8/c1-30-15-7-5-11-19(20(15)33-4)23(29)34-22(11)26-14(6-8-18(26)27)21(28)25-13-9-12(24)16(31-2)10-17(13)32-3/h5,7,9-10,14,22H,6,8H2,1-4H3,(H,25,28)/t14-,22?/m0/s1. The lowest BCUT2D eigenvalue weighted by molar-refractivity contribution is -0.144. The van der Waals surface area contributed by atoms with E-state index in [1.807, 2.05) is 0 Å². The van der Waals surface area contributed by atoms with Gasteiger partial charge in [0.25, 0.3) is 0 Å². The topological polar surface area (TPSA) is 113 Å². The number of methoxy groups -OCH3 is 4. The smallest absolute Gasteiger partial charge is 0.344 e. The summed E-state index contributed by atoms with van der Waals surface area (Å²) in [4.78, 5) is 40.1. The van der Waals surface area contributed by atoms with E-state index < -0.39 is 24.1 Å². The van der Waals surface area contributed by atoms with Crippen LogP contribution in [0, 0.1) is 0 Å². The van der Waals surface area contributed by atoms with Crippen LogP contribution in [0.15, 0.2) is 24.3 Å². The van der Waals surface area contributed by atoms with E-state index in [2.05, 4.69) is 5.32 Å². The van der Waals surface area contributed by atoms with Gasteiger partial charge in [0.15, 0.2) is 11.5 Å². The van der Waals surface area contributed by atoms with Gasteiger partial charge in [-0.15, -0.1) is 0 Å². The number of likely N-dealkylation sites (tertiary alicyclic amines) is 1. The van der Waals surface area contributed by atoms with Crippen LogP contribution in [0.4, 0.5) is 5.69 Å². The van der Waals surface area contributed by atoms with Crippen molar-refractivity contribution in [3.63, 3.8) is 0 Å². The van der Waals surface area contributed by atoms with E-state index in [9.17, 15) is 14.4 Å². The number of nitrogens with zero attached hydrogens (tertiary/aromatic N) is 1. The summed E-state index contributed by atoms with van der Waals surface area (Å²) < 4.78 is 26.7. The lowest BCUT2D eigenvalue weighted by Gasteiger charge is -2.29. The fourth-order valence-corrected chi connectivity index (χ4v) is 4.46. The number of hydrogen-bond acceptors (Lipinski definition) is 8. The summed E-state index contributed by atoms with van der Waals surface area (Å²) in [5, 5.41) is 3.04. The molecule has 2 heterocycles. The molecule has 2 aliphatic rings. The van der Waals surface area contributed by atoms with Crippen molar-refractivity contribution in [1.29, 1.82) is 0 Å². The molecule has 180 valence electrons. The van der Waals surface area contributed by atoms with Crippen LogP contribution in [-0.4, -0.2) is 57.2 Å². The largest absolute Gasteiger partial charge is 0.495 e. The molecule has 10 nitrogen and oxygen atoms in total. The first-order valence-corrected chi connectivity index (χ1v) is 10.7. The van der Waals surface area contributed by atoms with Crippen molar-refractivity contribution in [1.82, 2.24) is 4.90 Å². The van der Waals surface area contributed by atoms with E-state index in [0.29, 0.717) is 28.5 Å². The summed E-state index contributed by atoms with van der Waals surface area (Å²) >= 11 is 6.21. The number of carbonyl (C=O) groups is 3. The van der Waals surface area contributed by atoms with Gasteiger partial charge in [0.05, 0.1) is 39.1 Å². The molecule has 34 heavy (non-hydrogen) atoms. The second-order valence-corrected chi connectivity index (χ2v) is 7.96. The summed E-state index contributed by atoms with van der Waals surface area (Å²) in [7, 11) is 5.77. The molecule has 0 bridgehead atoms. The molecule has 2 atom stereocenters. The number of cyclic esters (lactones) is 1. The number of ether oxygens (including phenoxy) is 5. The van der Waals surface area contributed by atoms with Crippen LogP contribution in [0.1, 0.15) is 35.0 Å². The number of benzene rings is 2. The molecule has 11 heteroatoms. The minimum absolute atomic E-state index is 0.120. The van der Waals surface area contributed by atoms with Gasteiger partial charge in [0.2, 0.25) is 18.0 Å². The number of amides is 2. The highest BCUT2D eigenvalue weighted by Crippen LogP contribution is 2.45. The second kappa shape index (κ2) is 9.30. The maximum absolute atomic E-state index is 13.3. The minimum atomic E-state index is -1.07. The van der Waals surface area contributed by atoms with Crippen LogP contribution >= 0.6 is 11.6 Å². The summed E-state index contributed by atoms with van der Waals surface area (Å²) in [6.45, 7) is 0. The normalized spacial score (nSPS) is 18.9. The fourth-order valence-electron chi connectivity index (χ4n) is 4.22. The molecule has 0 aliphatic carbocycles. The molecule has 2 amide bonds. The molecule has 0 spiro atoms. The third kappa shape index (κ3) is 3.83. The summed E-state index contributed by atoms with van der Waals surface area (Å²) in [5.74, 6) is -0.191. The minimum Gasteiger partial charge on any atom is -0.495 e. The number of anilines is 1. The van der Waals surface area contributed by atoms with E-state index in [-0.39, 0.29) is 35.1 Å². The molecule has 0 aromatic heterocycles. The first-order chi connectivity index (χ1) is 16.3. The Morgan fingerprint density at radius 1 is 1.03 bits per heavy atom. The van der Waals surface area contributed by atoms with E-state index in [0.717, 1.165) is 0 Å². The van der Waals surface area contributed by atoms with Crippen LogP contribution in [-0.2, 0) is 14.3 Å². The van der Waals surface area contributed by atoms with Gasteiger partial charge in [0, 0.05) is 18.1 Å². The van der Waals surface area contributed by atoms with Gasteiger partial charge in [-0.1, -0.05) is 11.6 Å². The highest BCUT2D eigenvalue weighted by molar-refractivity contribution is 6.32. The average Bonchev–Trinajstić information content (AvgIpc) is 3.37. The second-order valence-electron chi connectivity index (χ2n) is 7.55. The monoisotopic (exact) mass is 490 g/mol. The van der Waals surface area contributed by atoms with Crippen molar-refractivity contribution in [2.45, 2.75) is 25.1 Å². The molecule has 1 unspecified atom stereocenters. The Hall–Kier alpha value is -3.66. The predicted molar refractivity (Wildman–Crippen MR) is 121 cm³/mol. The summed E-state index contributed by atoms with van der Waals surface area (Å²) in [5.41, 5.74) is 0.892. The number of carbonyl (C=O) groups excluding carboxylic acids is 3. The Morgan fingerprint density at radius 2 is 1.74 bits per heavy atom. The van der Waals surface area contributed by atoms with Gasteiger partial charge in [-0.2, -0.15) is 0 Å². The number of fused-ring (bicyclic) bond motifs is 1. The first kappa shape index (κ1) is 23.5. The molecule has 1 fully saturated rings. The van der Waals surface area contributed by atoms with Crippen LogP contribution in [0.3, 0.4) is 0 Å². The maximum atomic E-state index is 13.3. The quantitative estimate of drug-likeness (QED) is 0.589. The maximum Gasteiger partial charge on any atom is 0.344 e. The number of esters is 1. The van der Waals surface area contributed by atoms with Crippen LogP contribution in [0.2, 0.25) is 5.02 Å². The lowest BCUT2D eigenvalue weighted by Crippen LogP contribution is -2.43. The van der Waals surface area contributed by atoms with Crippen molar-refractivity contribution in [2.75, 3.05) is 33.8 Å². The Bertz CT molecular complexity index is 1170. The average molecular weight is 491 g/mol. The van der Waals surface area contributed by atoms with Gasteiger partial charge >= 0.3 is 5.97 Å². The number of halogens is 1. The molecule has 2 aliphatic heterocycles. The highest BCUT2D eigenvalue weighted by Gasteiger charge is 2.48. The molecule has 4 rings (SSSR count).